The number of benzene rings is 1. The van der Waals surface area contributed by atoms with E-state index in [2.05, 4.69) is 11.3 Å². The molecule has 112 valence electrons. The molecule has 0 bridgehead atoms. The third-order valence-corrected chi connectivity index (χ3v) is 3.23. The smallest absolute Gasteiger partial charge is 0.462 e. The summed E-state index contributed by atoms with van der Waals surface area (Å²) in [6, 6.07) is 6.56. The van der Waals surface area contributed by atoms with Crippen molar-refractivity contribution in [2.75, 3.05) is 13.2 Å². The molecule has 0 saturated heterocycles. The molecule has 1 rings (SSSR count). The summed E-state index contributed by atoms with van der Waals surface area (Å²) in [5.74, 6) is -0.996. The number of rotatable bonds is 8. The van der Waals surface area contributed by atoms with Crippen molar-refractivity contribution in [3.8, 4) is 0 Å². The summed E-state index contributed by atoms with van der Waals surface area (Å²) >= 11 is 0. The molecule has 1 aromatic rings. The Labute approximate surface area is 123 Å². The number of hydrogen-bond acceptors (Lipinski definition) is 5. The van der Waals surface area contributed by atoms with Crippen LogP contribution in [0, 0.1) is 0 Å². The van der Waals surface area contributed by atoms with Crippen LogP contribution in [0.15, 0.2) is 36.9 Å². The molecule has 0 aliphatic heterocycles. The molecule has 1 unspecified atom stereocenters. The van der Waals surface area contributed by atoms with E-state index < -0.39 is 20.0 Å². The third-order valence-electron chi connectivity index (χ3n) is 2.51. The van der Waals surface area contributed by atoms with Gasteiger partial charge in [0.15, 0.2) is 0 Å². The lowest BCUT2D eigenvalue weighted by molar-refractivity contribution is -0.149. The van der Waals surface area contributed by atoms with Crippen molar-refractivity contribution in [3.05, 3.63) is 42.5 Å². The Morgan fingerprint density at radius 3 is 2.67 bits per heavy atom. The predicted octanol–water partition coefficient (Wildman–Crippen LogP) is 1.25. The van der Waals surface area contributed by atoms with E-state index in [1.807, 2.05) is 0 Å². The average molecular weight is 311 g/mol. The quantitative estimate of drug-likeness (QED) is 0.336. The van der Waals surface area contributed by atoms with Gasteiger partial charge in [0.25, 0.3) is 0 Å². The fourth-order valence-electron chi connectivity index (χ4n) is 1.51. The summed E-state index contributed by atoms with van der Waals surface area (Å²) in [6.07, 6.45) is 1.57. The highest BCUT2D eigenvalue weighted by Gasteiger charge is 2.16. The molecule has 0 saturated carbocycles. The molecular formula is C14H16O6P+. The number of ether oxygens (including phenoxy) is 2. The standard InChI is InChI=1S/C14H15O6P/c1-2-13(15)19-8-9-20-14(16)7-6-11-4-3-5-12(10-11)21(17)18/h2-5,10H,1,6-9H2/p+1. The van der Waals surface area contributed by atoms with Gasteiger partial charge in [0.05, 0.1) is 0 Å². The summed E-state index contributed by atoms with van der Waals surface area (Å²) in [5.41, 5.74) is 0.778. The molecule has 1 aromatic carbocycles. The summed E-state index contributed by atoms with van der Waals surface area (Å²) in [7, 11) is -2.38. The van der Waals surface area contributed by atoms with Gasteiger partial charge in [0, 0.05) is 12.5 Å². The normalized spacial score (nSPS) is 10.6. The van der Waals surface area contributed by atoms with Gasteiger partial charge in [-0.25, -0.2) is 4.79 Å². The van der Waals surface area contributed by atoms with Crippen LogP contribution in [0.3, 0.4) is 0 Å². The minimum atomic E-state index is -2.38. The van der Waals surface area contributed by atoms with Crippen molar-refractivity contribution >= 4 is 25.3 Å². The molecule has 0 radical (unpaired) electrons. The van der Waals surface area contributed by atoms with Gasteiger partial charge in [-0.2, -0.15) is 4.89 Å². The number of carbonyl (C=O) groups is 2. The van der Waals surface area contributed by atoms with Crippen molar-refractivity contribution in [1.82, 2.24) is 0 Å². The zero-order valence-corrected chi connectivity index (χ0v) is 12.3. The Balaban J connectivity index is 2.29. The molecule has 21 heavy (non-hydrogen) atoms. The maximum Gasteiger partial charge on any atom is 0.546 e. The van der Waals surface area contributed by atoms with Crippen LogP contribution >= 0.6 is 8.03 Å². The highest BCUT2D eigenvalue weighted by atomic mass is 31.1. The molecule has 6 nitrogen and oxygen atoms in total. The predicted molar refractivity (Wildman–Crippen MR) is 76.3 cm³/mol. The molecule has 0 aliphatic carbocycles. The first-order valence-electron chi connectivity index (χ1n) is 6.23. The molecule has 0 spiro atoms. The van der Waals surface area contributed by atoms with Crippen LogP contribution in [0.5, 0.6) is 0 Å². The van der Waals surface area contributed by atoms with Gasteiger partial charge in [-0.05, 0) is 28.7 Å². The average Bonchev–Trinajstić information content (AvgIpc) is 2.49. The Morgan fingerprint density at radius 2 is 2.00 bits per heavy atom. The second-order valence-corrected chi connectivity index (χ2v) is 5.10. The molecule has 0 aliphatic rings. The first-order valence-corrected chi connectivity index (χ1v) is 7.44. The molecule has 7 heteroatoms. The summed E-state index contributed by atoms with van der Waals surface area (Å²) < 4.78 is 20.5. The van der Waals surface area contributed by atoms with E-state index in [0.29, 0.717) is 11.7 Å². The Bertz CT molecular complexity index is 540. The topological polar surface area (TPSA) is 89.9 Å². The first-order chi connectivity index (χ1) is 10.0. The molecule has 0 fully saturated rings. The van der Waals surface area contributed by atoms with E-state index in [1.165, 1.54) is 0 Å². The van der Waals surface area contributed by atoms with Crippen molar-refractivity contribution < 1.29 is 28.5 Å². The zero-order chi connectivity index (χ0) is 15.7. The number of hydrogen-bond donors (Lipinski definition) is 1. The van der Waals surface area contributed by atoms with E-state index in [4.69, 9.17) is 9.63 Å². The zero-order valence-electron chi connectivity index (χ0n) is 11.4. The Morgan fingerprint density at radius 1 is 1.29 bits per heavy atom. The number of esters is 2. The van der Waals surface area contributed by atoms with E-state index in [-0.39, 0.29) is 19.6 Å². The molecule has 0 aromatic heterocycles. The highest BCUT2D eigenvalue weighted by Crippen LogP contribution is 2.14. The number of carbonyl (C=O) groups excluding carboxylic acids is 2. The fourth-order valence-corrected chi connectivity index (χ4v) is 2.00. The monoisotopic (exact) mass is 311 g/mol. The van der Waals surface area contributed by atoms with E-state index in [9.17, 15) is 14.2 Å². The minimum Gasteiger partial charge on any atom is -0.462 e. The van der Waals surface area contributed by atoms with Gasteiger partial charge >= 0.3 is 20.0 Å². The molecule has 0 amide bonds. The van der Waals surface area contributed by atoms with Crippen molar-refractivity contribution in [2.45, 2.75) is 12.8 Å². The van der Waals surface area contributed by atoms with Gasteiger partial charge in [0.1, 0.15) is 13.2 Å². The Hall–Kier alpha value is -2.04. The minimum absolute atomic E-state index is 0.0129. The third kappa shape index (κ3) is 6.79. The second-order valence-electron chi connectivity index (χ2n) is 4.03. The van der Waals surface area contributed by atoms with Crippen molar-refractivity contribution in [2.24, 2.45) is 0 Å². The van der Waals surface area contributed by atoms with Crippen LogP contribution in [0.1, 0.15) is 12.0 Å². The fraction of sp³-hybridized carbons (Fsp3) is 0.286. The maximum atomic E-state index is 11.5. The van der Waals surface area contributed by atoms with E-state index >= 15 is 0 Å². The summed E-state index contributed by atoms with van der Waals surface area (Å²) in [6.45, 7) is 3.21. The molecule has 1 atom stereocenters. The van der Waals surface area contributed by atoms with E-state index in [0.717, 1.165) is 11.6 Å². The van der Waals surface area contributed by atoms with Crippen LogP contribution in [-0.4, -0.2) is 30.0 Å². The highest BCUT2D eigenvalue weighted by molar-refractivity contribution is 7.47. The summed E-state index contributed by atoms with van der Waals surface area (Å²) in [4.78, 5) is 31.2. The van der Waals surface area contributed by atoms with Crippen molar-refractivity contribution in [1.29, 1.82) is 0 Å². The van der Waals surface area contributed by atoms with Gasteiger partial charge in [0.2, 0.25) is 5.30 Å². The van der Waals surface area contributed by atoms with Gasteiger partial charge in [-0.3, -0.25) is 4.79 Å². The molecular weight excluding hydrogens is 295 g/mol. The maximum absolute atomic E-state index is 11.5. The van der Waals surface area contributed by atoms with Crippen LogP contribution in [0.4, 0.5) is 0 Å². The largest absolute Gasteiger partial charge is 0.546 e. The van der Waals surface area contributed by atoms with Crippen LogP contribution < -0.4 is 5.30 Å². The van der Waals surface area contributed by atoms with Crippen LogP contribution in [-0.2, 0) is 30.0 Å². The molecule has 0 heterocycles. The van der Waals surface area contributed by atoms with Crippen LogP contribution in [0.2, 0.25) is 0 Å². The Kier molecular flexibility index (Phi) is 7.29. The number of aryl methyl sites for hydroxylation is 1. The summed E-state index contributed by atoms with van der Waals surface area (Å²) in [5, 5.41) is 0.326. The van der Waals surface area contributed by atoms with Crippen LogP contribution in [0.25, 0.3) is 0 Å². The van der Waals surface area contributed by atoms with Gasteiger partial charge in [-0.15, -0.1) is 0 Å². The lowest BCUT2D eigenvalue weighted by atomic mass is 10.1. The lowest BCUT2D eigenvalue weighted by Crippen LogP contribution is -2.13. The van der Waals surface area contributed by atoms with Crippen molar-refractivity contribution in [3.63, 3.8) is 0 Å². The van der Waals surface area contributed by atoms with Gasteiger partial charge < -0.3 is 9.47 Å². The second kappa shape index (κ2) is 9.00. The molecule has 1 N–H and O–H groups in total. The first kappa shape index (κ1) is 17.0. The SMILES string of the molecule is C=CC(=O)OCCOC(=O)CCc1cccc([P+](=O)O)c1. The van der Waals surface area contributed by atoms with Gasteiger partial charge in [-0.1, -0.05) is 18.7 Å². The van der Waals surface area contributed by atoms with E-state index in [1.54, 1.807) is 24.3 Å². The lowest BCUT2D eigenvalue weighted by Gasteiger charge is -2.05.